The molecule has 2 amide bonds. The summed E-state index contributed by atoms with van der Waals surface area (Å²) in [5, 5.41) is 6.47. The number of carbonyl (C=O) groups is 3. The van der Waals surface area contributed by atoms with E-state index in [4.69, 9.17) is 4.74 Å². The molecular weight excluding hydrogens is 448 g/mol. The molecule has 0 spiro atoms. The molecule has 0 saturated carbocycles. The first-order chi connectivity index (χ1) is 16.6. The summed E-state index contributed by atoms with van der Waals surface area (Å²) < 4.78 is 5.29. The van der Waals surface area contributed by atoms with Crippen LogP contribution in [0, 0.1) is 0 Å². The molecule has 0 fully saturated rings. The highest BCUT2D eigenvalue weighted by atomic mass is 32.1. The zero-order valence-corrected chi connectivity index (χ0v) is 20.0. The van der Waals surface area contributed by atoms with Crippen molar-refractivity contribution in [2.75, 3.05) is 11.9 Å². The number of ether oxygens (including phenoxy) is 1. The van der Waals surface area contributed by atoms with Crippen LogP contribution in [0.25, 0.3) is 0 Å². The first-order valence-electron chi connectivity index (χ1n) is 11.6. The molecule has 0 aliphatic heterocycles. The lowest BCUT2D eigenvalue weighted by Crippen LogP contribution is -2.31. The molecule has 0 unspecified atom stereocenters. The van der Waals surface area contributed by atoms with E-state index in [9.17, 15) is 14.4 Å². The van der Waals surface area contributed by atoms with Crippen LogP contribution >= 0.6 is 11.3 Å². The maximum absolute atomic E-state index is 13.2. The number of hydrogen-bond donors (Lipinski definition) is 2. The Hall–Kier alpha value is -3.45. The van der Waals surface area contributed by atoms with Gasteiger partial charge in [0.25, 0.3) is 5.91 Å². The van der Waals surface area contributed by atoms with Crippen molar-refractivity contribution in [1.82, 2.24) is 5.32 Å². The third-order valence-electron chi connectivity index (χ3n) is 5.84. The number of hydrogen-bond acceptors (Lipinski definition) is 5. The Labute approximate surface area is 203 Å². The van der Waals surface area contributed by atoms with Gasteiger partial charge in [0.05, 0.1) is 24.6 Å². The molecule has 1 atom stereocenters. The Morgan fingerprint density at radius 1 is 0.971 bits per heavy atom. The number of nitrogens with one attached hydrogen (secondary N) is 2. The normalized spacial score (nSPS) is 13.4. The minimum absolute atomic E-state index is 0.0351. The topological polar surface area (TPSA) is 84.5 Å². The SMILES string of the molecule is CCOC(=O)c1c(NC(=O)C[C@@H](NC(=O)c2ccccc2)c2ccccc2)sc2c1CCCC2. The Bertz CT molecular complexity index is 1160. The molecule has 7 heteroatoms. The molecule has 1 heterocycles. The van der Waals surface area contributed by atoms with Gasteiger partial charge < -0.3 is 15.4 Å². The van der Waals surface area contributed by atoms with Crippen molar-refractivity contribution >= 4 is 34.1 Å². The van der Waals surface area contributed by atoms with Crippen LogP contribution in [-0.4, -0.2) is 24.4 Å². The Balaban J connectivity index is 1.55. The van der Waals surface area contributed by atoms with E-state index in [-0.39, 0.29) is 24.8 Å². The number of esters is 1. The number of carbonyl (C=O) groups excluding carboxylic acids is 3. The largest absolute Gasteiger partial charge is 0.462 e. The summed E-state index contributed by atoms with van der Waals surface area (Å²) in [5.74, 6) is -0.915. The van der Waals surface area contributed by atoms with Gasteiger partial charge in [0, 0.05) is 10.4 Å². The number of aryl methyl sites for hydroxylation is 1. The van der Waals surface area contributed by atoms with Crippen LogP contribution in [0.15, 0.2) is 60.7 Å². The van der Waals surface area contributed by atoms with Gasteiger partial charge in [0.2, 0.25) is 5.91 Å². The summed E-state index contributed by atoms with van der Waals surface area (Å²) in [6.07, 6.45) is 3.85. The number of thiophene rings is 1. The van der Waals surface area contributed by atoms with Crippen LogP contribution in [0.1, 0.15) is 68.9 Å². The van der Waals surface area contributed by atoms with Crippen molar-refractivity contribution in [2.24, 2.45) is 0 Å². The molecule has 2 aromatic carbocycles. The van der Waals surface area contributed by atoms with E-state index in [1.165, 1.54) is 11.3 Å². The molecule has 4 rings (SSSR count). The fraction of sp³-hybridized carbons (Fsp3) is 0.296. The van der Waals surface area contributed by atoms with Crippen molar-refractivity contribution in [3.63, 3.8) is 0 Å². The number of fused-ring (bicyclic) bond motifs is 1. The Morgan fingerprint density at radius 3 is 2.35 bits per heavy atom. The van der Waals surface area contributed by atoms with Crippen LogP contribution < -0.4 is 10.6 Å². The van der Waals surface area contributed by atoms with Gasteiger partial charge in [-0.25, -0.2) is 4.79 Å². The highest BCUT2D eigenvalue weighted by Gasteiger charge is 2.28. The summed E-state index contributed by atoms with van der Waals surface area (Å²) in [4.78, 5) is 39.8. The van der Waals surface area contributed by atoms with Crippen molar-refractivity contribution < 1.29 is 19.1 Å². The van der Waals surface area contributed by atoms with E-state index < -0.39 is 12.0 Å². The smallest absolute Gasteiger partial charge is 0.341 e. The summed E-state index contributed by atoms with van der Waals surface area (Å²) >= 11 is 1.46. The van der Waals surface area contributed by atoms with Crippen LogP contribution in [0.2, 0.25) is 0 Å². The third kappa shape index (κ3) is 5.54. The monoisotopic (exact) mass is 476 g/mol. The number of rotatable bonds is 8. The zero-order chi connectivity index (χ0) is 23.9. The first kappa shape index (κ1) is 23.7. The lowest BCUT2D eigenvalue weighted by Gasteiger charge is -2.19. The average Bonchev–Trinajstić information content (AvgIpc) is 3.22. The fourth-order valence-corrected chi connectivity index (χ4v) is 5.50. The van der Waals surface area contributed by atoms with Crippen molar-refractivity contribution in [3.05, 3.63) is 87.8 Å². The van der Waals surface area contributed by atoms with Crippen molar-refractivity contribution in [2.45, 2.75) is 45.1 Å². The highest BCUT2D eigenvalue weighted by molar-refractivity contribution is 7.17. The molecular formula is C27H28N2O4S. The van der Waals surface area contributed by atoms with E-state index in [1.807, 2.05) is 36.4 Å². The third-order valence-corrected chi connectivity index (χ3v) is 7.04. The lowest BCUT2D eigenvalue weighted by atomic mass is 9.95. The van der Waals surface area contributed by atoms with Crippen LogP contribution in [0.3, 0.4) is 0 Å². The fourth-order valence-electron chi connectivity index (χ4n) is 4.20. The van der Waals surface area contributed by atoms with Crippen LogP contribution in [0.5, 0.6) is 0 Å². The number of benzene rings is 2. The standard InChI is InChI=1S/C27H28N2O4S/c1-2-33-27(32)24-20-15-9-10-16-22(20)34-26(24)29-23(30)17-21(18-11-5-3-6-12-18)28-25(31)19-13-7-4-8-14-19/h3-8,11-14,21H,2,9-10,15-17H2,1H3,(H,28,31)(H,29,30)/t21-/m1/s1. The van der Waals surface area contributed by atoms with E-state index >= 15 is 0 Å². The second-order valence-corrected chi connectivity index (χ2v) is 9.30. The van der Waals surface area contributed by atoms with E-state index in [0.29, 0.717) is 16.1 Å². The number of anilines is 1. The average molecular weight is 477 g/mol. The molecule has 0 bridgehead atoms. The van der Waals surface area contributed by atoms with Crippen LogP contribution in [0.4, 0.5) is 5.00 Å². The Morgan fingerprint density at radius 2 is 1.65 bits per heavy atom. The van der Waals surface area contributed by atoms with Gasteiger partial charge in [-0.3, -0.25) is 9.59 Å². The summed E-state index contributed by atoms with van der Waals surface area (Å²) in [5.41, 5.74) is 2.85. The molecule has 6 nitrogen and oxygen atoms in total. The predicted molar refractivity (Wildman–Crippen MR) is 133 cm³/mol. The maximum atomic E-state index is 13.2. The molecule has 0 radical (unpaired) electrons. The minimum Gasteiger partial charge on any atom is -0.462 e. The molecule has 3 aromatic rings. The van der Waals surface area contributed by atoms with E-state index in [2.05, 4.69) is 10.6 Å². The first-order valence-corrected chi connectivity index (χ1v) is 12.4. The molecule has 2 N–H and O–H groups in total. The quantitative estimate of drug-likeness (QED) is 0.432. The summed E-state index contributed by atoms with van der Waals surface area (Å²) in [7, 11) is 0. The van der Waals surface area contributed by atoms with Gasteiger partial charge >= 0.3 is 5.97 Å². The summed E-state index contributed by atoms with van der Waals surface area (Å²) in [6, 6.07) is 17.8. The molecule has 1 aromatic heterocycles. The molecule has 0 saturated heterocycles. The highest BCUT2D eigenvalue weighted by Crippen LogP contribution is 2.39. The molecule has 34 heavy (non-hydrogen) atoms. The molecule has 1 aliphatic rings. The predicted octanol–water partition coefficient (Wildman–Crippen LogP) is 5.30. The zero-order valence-electron chi connectivity index (χ0n) is 19.1. The van der Waals surface area contributed by atoms with Gasteiger partial charge in [-0.1, -0.05) is 48.5 Å². The van der Waals surface area contributed by atoms with E-state index in [0.717, 1.165) is 41.7 Å². The van der Waals surface area contributed by atoms with Crippen LogP contribution in [-0.2, 0) is 22.4 Å². The molecule has 176 valence electrons. The maximum Gasteiger partial charge on any atom is 0.341 e. The van der Waals surface area contributed by atoms with Gasteiger partial charge in [-0.2, -0.15) is 0 Å². The van der Waals surface area contributed by atoms with Gasteiger partial charge in [-0.05, 0) is 55.9 Å². The second-order valence-electron chi connectivity index (χ2n) is 8.19. The number of amides is 2. The van der Waals surface area contributed by atoms with Crippen molar-refractivity contribution in [1.29, 1.82) is 0 Å². The van der Waals surface area contributed by atoms with Gasteiger partial charge in [0.15, 0.2) is 0 Å². The van der Waals surface area contributed by atoms with Crippen molar-refractivity contribution in [3.8, 4) is 0 Å². The Kier molecular flexibility index (Phi) is 7.75. The van der Waals surface area contributed by atoms with E-state index in [1.54, 1.807) is 31.2 Å². The summed E-state index contributed by atoms with van der Waals surface area (Å²) in [6.45, 7) is 2.05. The van der Waals surface area contributed by atoms with Gasteiger partial charge in [-0.15, -0.1) is 11.3 Å². The minimum atomic E-state index is -0.519. The molecule has 1 aliphatic carbocycles. The van der Waals surface area contributed by atoms with Gasteiger partial charge in [0.1, 0.15) is 5.00 Å². The lowest BCUT2D eigenvalue weighted by molar-refractivity contribution is -0.116. The second kappa shape index (κ2) is 11.1.